The number of benzene rings is 4. The van der Waals surface area contributed by atoms with Crippen molar-refractivity contribution in [3.63, 3.8) is 0 Å². The second-order valence-corrected chi connectivity index (χ2v) is 9.63. The zero-order chi connectivity index (χ0) is 24.7. The summed E-state index contributed by atoms with van der Waals surface area (Å²) in [7, 11) is 0. The Morgan fingerprint density at radius 3 is 2.29 bits per heavy atom. The summed E-state index contributed by atoms with van der Waals surface area (Å²) in [5, 5.41) is 2.01. The Labute approximate surface area is 216 Å². The van der Waals surface area contributed by atoms with Gasteiger partial charge in [-0.1, -0.05) is 57.9 Å². The predicted molar refractivity (Wildman–Crippen MR) is 141 cm³/mol. The van der Waals surface area contributed by atoms with E-state index in [4.69, 9.17) is 11.6 Å². The first-order valence-corrected chi connectivity index (χ1v) is 12.2. The van der Waals surface area contributed by atoms with Crippen molar-refractivity contribution in [1.82, 2.24) is 4.90 Å². The number of imide groups is 1. The Balaban J connectivity index is 1.49. The lowest BCUT2D eigenvalue weighted by Gasteiger charge is -2.31. The highest BCUT2D eigenvalue weighted by molar-refractivity contribution is 9.10. The summed E-state index contributed by atoms with van der Waals surface area (Å²) in [6, 6.07) is 23.2. The van der Waals surface area contributed by atoms with Crippen LogP contribution in [0.25, 0.3) is 10.8 Å². The van der Waals surface area contributed by atoms with Crippen LogP contribution in [0.1, 0.15) is 36.6 Å². The SMILES string of the molecule is Cc1ccccc1N(CCN1C(=O)c2cccc3c(Br)ccc(c23)C1=O)C(=O)c1ccc(Cl)cc1. The molecule has 1 heterocycles. The Hall–Kier alpha value is -3.48. The number of carbonyl (C=O) groups excluding carboxylic acids is 3. The average Bonchev–Trinajstić information content (AvgIpc) is 2.86. The number of rotatable bonds is 5. The van der Waals surface area contributed by atoms with Crippen LogP contribution in [-0.4, -0.2) is 35.7 Å². The van der Waals surface area contributed by atoms with Crippen LogP contribution in [0.4, 0.5) is 5.69 Å². The van der Waals surface area contributed by atoms with Gasteiger partial charge >= 0.3 is 0 Å². The first kappa shape index (κ1) is 23.3. The van der Waals surface area contributed by atoms with Crippen molar-refractivity contribution in [2.45, 2.75) is 6.92 Å². The third-order valence-corrected chi connectivity index (χ3v) is 7.17. The third-order valence-electron chi connectivity index (χ3n) is 6.23. The van der Waals surface area contributed by atoms with Gasteiger partial charge in [-0.3, -0.25) is 19.3 Å². The van der Waals surface area contributed by atoms with E-state index in [2.05, 4.69) is 15.9 Å². The lowest BCUT2D eigenvalue weighted by molar-refractivity contribution is 0.0611. The van der Waals surface area contributed by atoms with E-state index >= 15 is 0 Å². The van der Waals surface area contributed by atoms with Gasteiger partial charge in [0.05, 0.1) is 0 Å². The van der Waals surface area contributed by atoms with Crippen molar-refractivity contribution in [1.29, 1.82) is 0 Å². The summed E-state index contributed by atoms with van der Waals surface area (Å²) < 4.78 is 0.825. The van der Waals surface area contributed by atoms with Crippen molar-refractivity contribution in [2.24, 2.45) is 0 Å². The molecule has 35 heavy (non-hydrogen) atoms. The Kier molecular flexibility index (Phi) is 6.17. The van der Waals surface area contributed by atoms with Gasteiger partial charge in [-0.05, 0) is 66.4 Å². The minimum Gasteiger partial charge on any atom is -0.306 e. The smallest absolute Gasteiger partial charge is 0.261 e. The van der Waals surface area contributed by atoms with Crippen LogP contribution in [0.15, 0.2) is 83.3 Å². The van der Waals surface area contributed by atoms with Gasteiger partial charge in [0.15, 0.2) is 0 Å². The van der Waals surface area contributed by atoms with Crippen LogP contribution in [0, 0.1) is 6.92 Å². The van der Waals surface area contributed by atoms with Crippen LogP contribution in [-0.2, 0) is 0 Å². The summed E-state index contributed by atoms with van der Waals surface area (Å²) in [6.07, 6.45) is 0. The molecule has 0 aliphatic carbocycles. The number of hydrogen-bond acceptors (Lipinski definition) is 3. The molecule has 0 bridgehead atoms. The lowest BCUT2D eigenvalue weighted by Crippen LogP contribution is -2.46. The average molecular weight is 548 g/mol. The molecule has 0 unspecified atom stereocenters. The quantitative estimate of drug-likeness (QED) is 0.268. The van der Waals surface area contributed by atoms with Gasteiger partial charge in [-0.25, -0.2) is 0 Å². The Bertz CT molecular complexity index is 1480. The molecule has 0 spiro atoms. The van der Waals surface area contributed by atoms with Gasteiger partial charge in [0.25, 0.3) is 17.7 Å². The number of carbonyl (C=O) groups is 3. The van der Waals surface area contributed by atoms with Gasteiger partial charge in [0.1, 0.15) is 0 Å². The topological polar surface area (TPSA) is 57.7 Å². The predicted octanol–water partition coefficient (Wildman–Crippen LogP) is 6.51. The maximum Gasteiger partial charge on any atom is 0.261 e. The molecule has 4 aromatic rings. The van der Waals surface area contributed by atoms with Gasteiger partial charge in [-0.2, -0.15) is 0 Å². The molecule has 0 N–H and O–H groups in total. The maximum atomic E-state index is 13.5. The van der Waals surface area contributed by atoms with E-state index in [1.165, 1.54) is 4.90 Å². The molecule has 5 nitrogen and oxygen atoms in total. The highest BCUT2D eigenvalue weighted by Gasteiger charge is 2.34. The molecule has 3 amide bonds. The van der Waals surface area contributed by atoms with E-state index in [-0.39, 0.29) is 30.8 Å². The summed E-state index contributed by atoms with van der Waals surface area (Å²) in [6.45, 7) is 2.12. The molecule has 174 valence electrons. The molecular formula is C28H20BrClN2O3. The number of amides is 3. The van der Waals surface area contributed by atoms with E-state index in [9.17, 15) is 14.4 Å². The normalized spacial score (nSPS) is 12.8. The van der Waals surface area contributed by atoms with Crippen LogP contribution in [0.5, 0.6) is 0 Å². The molecular weight excluding hydrogens is 528 g/mol. The Morgan fingerprint density at radius 1 is 0.886 bits per heavy atom. The highest BCUT2D eigenvalue weighted by atomic mass is 79.9. The number of hydrogen-bond donors (Lipinski definition) is 0. The fourth-order valence-corrected chi connectivity index (χ4v) is 5.05. The van der Waals surface area contributed by atoms with Crippen LogP contribution in [0.3, 0.4) is 0 Å². The van der Waals surface area contributed by atoms with Gasteiger partial charge in [0, 0.05) is 50.3 Å². The maximum absolute atomic E-state index is 13.5. The van der Waals surface area contributed by atoms with Crippen molar-refractivity contribution in [3.05, 3.63) is 111 Å². The van der Waals surface area contributed by atoms with Crippen molar-refractivity contribution in [2.75, 3.05) is 18.0 Å². The number of nitrogens with zero attached hydrogens (tertiary/aromatic N) is 2. The number of para-hydroxylation sites is 1. The van der Waals surface area contributed by atoms with Crippen molar-refractivity contribution < 1.29 is 14.4 Å². The molecule has 0 atom stereocenters. The third kappa shape index (κ3) is 4.13. The van der Waals surface area contributed by atoms with Crippen LogP contribution >= 0.6 is 27.5 Å². The van der Waals surface area contributed by atoms with Gasteiger partial charge in [0.2, 0.25) is 0 Å². The monoisotopic (exact) mass is 546 g/mol. The molecule has 0 aromatic heterocycles. The first-order chi connectivity index (χ1) is 16.9. The second-order valence-electron chi connectivity index (χ2n) is 8.34. The molecule has 1 aliphatic heterocycles. The largest absolute Gasteiger partial charge is 0.306 e. The molecule has 0 saturated carbocycles. The summed E-state index contributed by atoms with van der Waals surface area (Å²) >= 11 is 9.52. The van der Waals surface area contributed by atoms with Gasteiger partial charge in [-0.15, -0.1) is 0 Å². The van der Waals surface area contributed by atoms with Crippen molar-refractivity contribution in [3.8, 4) is 0 Å². The van der Waals surface area contributed by atoms with E-state index in [0.717, 1.165) is 21.1 Å². The highest BCUT2D eigenvalue weighted by Crippen LogP contribution is 2.34. The summed E-state index contributed by atoms with van der Waals surface area (Å²) in [5.41, 5.74) is 3.05. The van der Waals surface area contributed by atoms with E-state index < -0.39 is 0 Å². The molecule has 4 aromatic carbocycles. The lowest BCUT2D eigenvalue weighted by atomic mass is 9.94. The van der Waals surface area contributed by atoms with E-state index in [1.54, 1.807) is 41.3 Å². The van der Waals surface area contributed by atoms with E-state index in [1.807, 2.05) is 49.4 Å². The van der Waals surface area contributed by atoms with Crippen molar-refractivity contribution >= 4 is 61.7 Å². The molecule has 5 rings (SSSR count). The van der Waals surface area contributed by atoms with E-state index in [0.29, 0.717) is 27.1 Å². The standard InChI is InChI=1S/C28H20BrClN2O3/c1-17-5-2-3-8-24(17)31(26(33)18-9-11-19(30)12-10-18)15-16-32-27(34)21-7-4-6-20-23(29)14-13-22(25(20)21)28(32)35/h2-14H,15-16H2,1H3. The number of anilines is 1. The molecule has 0 saturated heterocycles. The first-order valence-electron chi connectivity index (χ1n) is 11.1. The molecule has 7 heteroatoms. The number of halogens is 2. The summed E-state index contributed by atoms with van der Waals surface area (Å²) in [4.78, 5) is 43.1. The fraction of sp³-hybridized carbons (Fsp3) is 0.107. The number of aryl methyl sites for hydroxylation is 1. The summed E-state index contributed by atoms with van der Waals surface area (Å²) in [5.74, 6) is -0.968. The zero-order valence-electron chi connectivity index (χ0n) is 18.8. The second kappa shape index (κ2) is 9.29. The fourth-order valence-electron chi connectivity index (χ4n) is 4.46. The molecule has 0 radical (unpaired) electrons. The minimum atomic E-state index is -0.366. The zero-order valence-corrected chi connectivity index (χ0v) is 21.1. The van der Waals surface area contributed by atoms with Crippen LogP contribution in [0.2, 0.25) is 5.02 Å². The Morgan fingerprint density at radius 2 is 1.57 bits per heavy atom. The van der Waals surface area contributed by atoms with Gasteiger partial charge < -0.3 is 4.90 Å². The van der Waals surface area contributed by atoms with Crippen LogP contribution < -0.4 is 4.90 Å². The minimum absolute atomic E-state index is 0.0528. The molecule has 0 fully saturated rings. The molecule has 1 aliphatic rings.